The van der Waals surface area contributed by atoms with Crippen LogP contribution in [-0.2, 0) is 38.5 Å². The smallest absolute Gasteiger partial charge is 0.417 e. The lowest BCUT2D eigenvalue weighted by Crippen LogP contribution is -2.66. The van der Waals surface area contributed by atoms with E-state index in [1.807, 2.05) is 0 Å². The zero-order valence-corrected chi connectivity index (χ0v) is 22.3. The average Bonchev–Trinajstić information content (AvgIpc) is 2.91. The van der Waals surface area contributed by atoms with Gasteiger partial charge in [0.05, 0.1) is 12.6 Å². The summed E-state index contributed by atoms with van der Waals surface area (Å²) >= 11 is 0. The Morgan fingerprint density at radius 2 is 1.30 bits per heavy atom. The molecule has 0 aliphatic carbocycles. The molecule has 0 aliphatic heterocycles. The maximum absolute atomic E-state index is 14.0. The minimum atomic E-state index is -2.01. The van der Waals surface area contributed by atoms with Gasteiger partial charge >= 0.3 is 12.1 Å². The van der Waals surface area contributed by atoms with Gasteiger partial charge in [0, 0.05) is 6.42 Å². The fraction of sp³-hybridized carbons (Fsp3) is 0.276. The minimum Gasteiger partial charge on any atom is -0.504 e. The minimum absolute atomic E-state index is 0.195. The van der Waals surface area contributed by atoms with Gasteiger partial charge in [0.15, 0.2) is 28.5 Å². The summed E-state index contributed by atoms with van der Waals surface area (Å²) in [5.41, 5.74) is 3.89. The van der Waals surface area contributed by atoms with E-state index >= 15 is 0 Å². The van der Waals surface area contributed by atoms with Crippen molar-refractivity contribution in [2.24, 2.45) is 5.73 Å². The van der Waals surface area contributed by atoms with Crippen molar-refractivity contribution in [3.05, 3.63) is 83.4 Å². The summed E-state index contributed by atoms with van der Waals surface area (Å²) in [6.07, 6.45) is -1.69. The SMILES string of the molecule is COC(=O)[C@](C)(Cc1ccc(O)c(O)c1)N(C(=O)OCc1ccccc1)C(=O)[C@@](C)(N)Cc1ccc(O)c(O)c1. The summed E-state index contributed by atoms with van der Waals surface area (Å²) in [7, 11) is 1.09. The van der Waals surface area contributed by atoms with Crippen LogP contribution in [0, 0.1) is 0 Å². The third kappa shape index (κ3) is 6.62. The van der Waals surface area contributed by atoms with E-state index in [4.69, 9.17) is 15.2 Å². The summed E-state index contributed by atoms with van der Waals surface area (Å²) in [4.78, 5) is 41.5. The Bertz CT molecular complexity index is 1390. The molecule has 2 amide bonds. The number of rotatable bonds is 9. The largest absolute Gasteiger partial charge is 0.504 e. The zero-order valence-electron chi connectivity index (χ0n) is 22.3. The lowest BCUT2D eigenvalue weighted by Gasteiger charge is -2.40. The molecule has 212 valence electrons. The average molecular weight is 553 g/mol. The second-order valence-corrected chi connectivity index (χ2v) is 9.86. The van der Waals surface area contributed by atoms with Crippen LogP contribution >= 0.6 is 0 Å². The third-order valence-electron chi connectivity index (χ3n) is 6.40. The predicted octanol–water partition coefficient (Wildman–Crippen LogP) is 3.11. The van der Waals surface area contributed by atoms with Crippen molar-refractivity contribution in [1.29, 1.82) is 0 Å². The molecule has 40 heavy (non-hydrogen) atoms. The van der Waals surface area contributed by atoms with Gasteiger partial charge in [0.25, 0.3) is 5.91 Å². The topological polar surface area (TPSA) is 180 Å². The van der Waals surface area contributed by atoms with Gasteiger partial charge in [-0.05, 0) is 61.2 Å². The fourth-order valence-electron chi connectivity index (χ4n) is 4.27. The highest BCUT2D eigenvalue weighted by Crippen LogP contribution is 2.32. The molecule has 0 saturated heterocycles. The van der Waals surface area contributed by atoms with E-state index in [0.717, 1.165) is 7.11 Å². The number of benzene rings is 3. The number of esters is 1. The molecule has 0 aromatic heterocycles. The molecule has 3 aromatic carbocycles. The number of nitrogens with two attached hydrogens (primary N) is 1. The number of nitrogens with zero attached hydrogens (tertiary/aromatic N) is 1. The lowest BCUT2D eigenvalue weighted by molar-refractivity contribution is -0.160. The van der Waals surface area contributed by atoms with Gasteiger partial charge in [0.1, 0.15) is 6.61 Å². The monoisotopic (exact) mass is 552 g/mol. The number of carbonyl (C=O) groups is 3. The standard InChI is InChI=1S/C29H32N2O9/c1-28(30,15-19-9-11-21(32)23(34)13-19)25(36)31(27(38)40-17-18-7-5-4-6-8-18)29(2,26(37)39-3)16-20-10-12-22(33)24(35)14-20/h4-14,32-35H,15-17,30H2,1-3H3/t28-,29-/m0/s1. The number of hydrogen-bond donors (Lipinski definition) is 5. The molecule has 11 heteroatoms. The van der Waals surface area contributed by atoms with E-state index in [1.54, 1.807) is 30.3 Å². The Morgan fingerprint density at radius 3 is 1.80 bits per heavy atom. The second-order valence-electron chi connectivity index (χ2n) is 9.86. The summed E-state index contributed by atoms with van der Waals surface area (Å²) in [5, 5.41) is 39.2. The van der Waals surface area contributed by atoms with Crippen LogP contribution in [0.4, 0.5) is 4.79 Å². The molecule has 0 aliphatic rings. The van der Waals surface area contributed by atoms with Crippen LogP contribution in [0.25, 0.3) is 0 Å². The van der Waals surface area contributed by atoms with Gasteiger partial charge in [-0.2, -0.15) is 0 Å². The molecule has 0 bridgehead atoms. The van der Waals surface area contributed by atoms with E-state index in [1.165, 1.54) is 50.2 Å². The first-order valence-electron chi connectivity index (χ1n) is 12.2. The van der Waals surface area contributed by atoms with Gasteiger partial charge in [-0.25, -0.2) is 14.5 Å². The van der Waals surface area contributed by atoms with Gasteiger partial charge in [0.2, 0.25) is 0 Å². The Balaban J connectivity index is 2.06. The lowest BCUT2D eigenvalue weighted by atomic mass is 9.86. The maximum atomic E-state index is 14.0. The first kappa shape index (κ1) is 29.8. The van der Waals surface area contributed by atoms with Crippen LogP contribution in [0.1, 0.15) is 30.5 Å². The number of amides is 2. The van der Waals surface area contributed by atoms with Gasteiger partial charge in [-0.15, -0.1) is 0 Å². The molecule has 2 atom stereocenters. The van der Waals surface area contributed by atoms with Crippen molar-refractivity contribution >= 4 is 18.0 Å². The van der Waals surface area contributed by atoms with Crippen molar-refractivity contribution < 1.29 is 44.3 Å². The van der Waals surface area contributed by atoms with Crippen LogP contribution in [-0.4, -0.2) is 61.5 Å². The van der Waals surface area contributed by atoms with Crippen LogP contribution in [0.3, 0.4) is 0 Å². The first-order valence-corrected chi connectivity index (χ1v) is 12.2. The predicted molar refractivity (Wildman–Crippen MR) is 143 cm³/mol. The maximum Gasteiger partial charge on any atom is 0.417 e. The van der Waals surface area contributed by atoms with Crippen molar-refractivity contribution in [3.8, 4) is 23.0 Å². The normalized spacial score (nSPS) is 13.9. The molecule has 0 heterocycles. The molecule has 0 fully saturated rings. The number of phenols is 4. The quantitative estimate of drug-likeness (QED) is 0.195. The first-order chi connectivity index (χ1) is 18.8. The van der Waals surface area contributed by atoms with Gasteiger partial charge in [-0.3, -0.25) is 4.79 Å². The van der Waals surface area contributed by atoms with Crippen LogP contribution < -0.4 is 5.73 Å². The van der Waals surface area contributed by atoms with Gasteiger partial charge in [-0.1, -0.05) is 42.5 Å². The van der Waals surface area contributed by atoms with Crippen molar-refractivity contribution in [2.45, 2.75) is 44.4 Å². The summed E-state index contributed by atoms with van der Waals surface area (Å²) < 4.78 is 10.4. The molecule has 6 N–H and O–H groups in total. The number of hydrogen-bond acceptors (Lipinski definition) is 10. The molecule has 0 spiro atoms. The Labute approximate surface area is 231 Å². The van der Waals surface area contributed by atoms with E-state index < -0.39 is 46.3 Å². The second kappa shape index (κ2) is 12.0. The molecule has 0 saturated carbocycles. The summed E-state index contributed by atoms with van der Waals surface area (Å²) in [6.45, 7) is 2.43. The summed E-state index contributed by atoms with van der Waals surface area (Å²) in [5.74, 6) is -3.62. The number of aromatic hydroxyl groups is 4. The molecule has 3 rings (SSSR count). The van der Waals surface area contributed by atoms with E-state index in [9.17, 15) is 34.8 Å². The third-order valence-corrected chi connectivity index (χ3v) is 6.40. The van der Waals surface area contributed by atoms with E-state index in [-0.39, 0.29) is 25.2 Å². The van der Waals surface area contributed by atoms with E-state index in [2.05, 4.69) is 0 Å². The molecular formula is C29H32N2O9. The number of phenolic OH excluding ortho intramolecular Hbond substituents is 4. The molecular weight excluding hydrogens is 520 g/mol. The van der Waals surface area contributed by atoms with Crippen molar-refractivity contribution in [2.75, 3.05) is 7.11 Å². The van der Waals surface area contributed by atoms with Crippen molar-refractivity contribution in [3.63, 3.8) is 0 Å². The molecule has 0 radical (unpaired) electrons. The number of ether oxygens (including phenoxy) is 2. The molecule has 11 nitrogen and oxygen atoms in total. The van der Waals surface area contributed by atoms with Crippen LogP contribution in [0.15, 0.2) is 66.7 Å². The van der Waals surface area contributed by atoms with Crippen molar-refractivity contribution in [1.82, 2.24) is 4.90 Å². The zero-order chi connectivity index (χ0) is 29.7. The molecule has 3 aromatic rings. The number of methoxy groups -OCH3 is 1. The number of carbonyl (C=O) groups excluding carboxylic acids is 3. The highest BCUT2D eigenvalue weighted by atomic mass is 16.6. The Hall–Kier alpha value is -4.77. The van der Waals surface area contributed by atoms with Gasteiger partial charge < -0.3 is 35.6 Å². The van der Waals surface area contributed by atoms with Crippen LogP contribution in [0.2, 0.25) is 0 Å². The highest BCUT2D eigenvalue weighted by molar-refractivity contribution is 6.02. The van der Waals surface area contributed by atoms with Crippen LogP contribution in [0.5, 0.6) is 23.0 Å². The van der Waals surface area contributed by atoms with E-state index in [0.29, 0.717) is 21.6 Å². The Morgan fingerprint density at radius 1 is 0.775 bits per heavy atom. The Kier molecular flexibility index (Phi) is 8.90. The molecule has 0 unspecified atom stereocenters. The fourth-order valence-corrected chi connectivity index (χ4v) is 4.27. The number of imide groups is 1. The highest BCUT2D eigenvalue weighted by Gasteiger charge is 2.51. The summed E-state index contributed by atoms with van der Waals surface area (Å²) in [6, 6.07) is 16.4.